The molecule has 0 radical (unpaired) electrons. The third kappa shape index (κ3) is 4.63. The summed E-state index contributed by atoms with van der Waals surface area (Å²) >= 11 is 0. The highest BCUT2D eigenvalue weighted by Crippen LogP contribution is 2.35. The number of rotatable bonds is 6. The van der Waals surface area contributed by atoms with E-state index >= 15 is 0 Å². The number of nitrogens with zero attached hydrogens (tertiary/aromatic N) is 1. The zero-order valence-corrected chi connectivity index (χ0v) is 16.2. The van der Waals surface area contributed by atoms with Gasteiger partial charge >= 0.3 is 0 Å². The molecule has 4 nitrogen and oxygen atoms in total. The predicted octanol–water partition coefficient (Wildman–Crippen LogP) is 3.50. The quantitative estimate of drug-likeness (QED) is 0.848. The van der Waals surface area contributed by atoms with Crippen LogP contribution in [-0.4, -0.2) is 44.3 Å². The third-order valence-electron chi connectivity index (χ3n) is 5.78. The average Bonchev–Trinajstić information content (AvgIpc) is 2.73. The zero-order valence-electron chi connectivity index (χ0n) is 16.2. The normalized spacial score (nSPS) is 20.7. The topological polar surface area (TPSA) is 33.7 Å². The van der Waals surface area contributed by atoms with Gasteiger partial charge in [-0.3, -0.25) is 4.90 Å². The van der Waals surface area contributed by atoms with Crippen molar-refractivity contribution < 1.29 is 9.47 Å². The summed E-state index contributed by atoms with van der Waals surface area (Å²) in [4.78, 5) is 2.57. The van der Waals surface area contributed by atoms with Crippen molar-refractivity contribution in [1.82, 2.24) is 10.2 Å². The summed E-state index contributed by atoms with van der Waals surface area (Å²) in [6, 6.07) is 17.6. The number of para-hydroxylation sites is 1. The number of piperidine rings is 1. The van der Waals surface area contributed by atoms with E-state index in [0.717, 1.165) is 37.6 Å². The Balaban J connectivity index is 1.21. The second-order valence-corrected chi connectivity index (χ2v) is 7.77. The minimum atomic E-state index is 0.534. The lowest BCUT2D eigenvalue weighted by Gasteiger charge is -2.34. The van der Waals surface area contributed by atoms with E-state index in [1.165, 1.54) is 37.1 Å². The maximum absolute atomic E-state index is 6.01. The van der Waals surface area contributed by atoms with Crippen LogP contribution in [0.5, 0.6) is 11.5 Å². The number of methoxy groups -OCH3 is 1. The lowest BCUT2D eigenvalue weighted by molar-refractivity contribution is 0.173. The van der Waals surface area contributed by atoms with Gasteiger partial charge in [-0.25, -0.2) is 0 Å². The summed E-state index contributed by atoms with van der Waals surface area (Å²) in [5.74, 6) is 2.32. The molecule has 4 heteroatoms. The molecule has 27 heavy (non-hydrogen) atoms. The van der Waals surface area contributed by atoms with Gasteiger partial charge in [0.1, 0.15) is 0 Å². The molecule has 0 bridgehead atoms. The minimum Gasteiger partial charge on any atom is -0.493 e. The number of fused-ring (bicyclic) bond motifs is 1. The summed E-state index contributed by atoms with van der Waals surface area (Å²) in [5, 5.41) is 3.80. The standard InChI is InChI=1S/C23H30N2O2/c1-26-22-9-5-8-20-14-19(17-27-23(20)22)15-24-21-10-12-25(13-11-21)16-18-6-3-2-4-7-18/h2-9,19,21,24H,10-17H2,1H3/t19-/m0/s1. The van der Waals surface area contributed by atoms with E-state index in [4.69, 9.17) is 9.47 Å². The van der Waals surface area contributed by atoms with E-state index in [-0.39, 0.29) is 0 Å². The molecule has 2 heterocycles. The maximum Gasteiger partial charge on any atom is 0.164 e. The highest BCUT2D eigenvalue weighted by atomic mass is 16.5. The van der Waals surface area contributed by atoms with Crippen molar-refractivity contribution in [2.75, 3.05) is 33.4 Å². The van der Waals surface area contributed by atoms with Gasteiger partial charge in [0.15, 0.2) is 11.5 Å². The first-order chi connectivity index (χ1) is 13.3. The largest absolute Gasteiger partial charge is 0.493 e. The van der Waals surface area contributed by atoms with Crippen LogP contribution in [0.2, 0.25) is 0 Å². The fourth-order valence-electron chi connectivity index (χ4n) is 4.22. The number of hydrogen-bond acceptors (Lipinski definition) is 4. The van der Waals surface area contributed by atoms with Crippen molar-refractivity contribution in [3.8, 4) is 11.5 Å². The van der Waals surface area contributed by atoms with E-state index in [1.807, 2.05) is 6.07 Å². The van der Waals surface area contributed by atoms with Crippen molar-refractivity contribution in [3.63, 3.8) is 0 Å². The van der Waals surface area contributed by atoms with Gasteiger partial charge in [0.05, 0.1) is 13.7 Å². The van der Waals surface area contributed by atoms with Crippen LogP contribution >= 0.6 is 0 Å². The van der Waals surface area contributed by atoms with Crippen molar-refractivity contribution in [2.24, 2.45) is 5.92 Å². The van der Waals surface area contributed by atoms with Crippen LogP contribution in [-0.2, 0) is 13.0 Å². The Morgan fingerprint density at radius 3 is 2.67 bits per heavy atom. The summed E-state index contributed by atoms with van der Waals surface area (Å²) in [7, 11) is 1.71. The average molecular weight is 367 g/mol. The van der Waals surface area contributed by atoms with Crippen LogP contribution in [0.3, 0.4) is 0 Å². The Kier molecular flexibility index (Phi) is 5.95. The van der Waals surface area contributed by atoms with E-state index in [0.29, 0.717) is 12.0 Å². The fraction of sp³-hybridized carbons (Fsp3) is 0.478. The highest BCUT2D eigenvalue weighted by Gasteiger charge is 2.24. The summed E-state index contributed by atoms with van der Waals surface area (Å²) in [6.45, 7) is 5.22. The molecule has 2 aromatic carbocycles. The van der Waals surface area contributed by atoms with Crippen molar-refractivity contribution >= 4 is 0 Å². The second kappa shape index (κ2) is 8.77. The second-order valence-electron chi connectivity index (χ2n) is 7.77. The first kappa shape index (κ1) is 18.3. The molecule has 2 aliphatic rings. The number of benzene rings is 2. The van der Waals surface area contributed by atoms with Gasteiger partial charge in [0.25, 0.3) is 0 Å². The molecule has 0 saturated carbocycles. The molecular weight excluding hydrogens is 336 g/mol. The highest BCUT2D eigenvalue weighted by molar-refractivity contribution is 5.47. The van der Waals surface area contributed by atoms with Crippen molar-refractivity contribution in [3.05, 3.63) is 59.7 Å². The van der Waals surface area contributed by atoms with Crippen LogP contribution in [0.4, 0.5) is 0 Å². The van der Waals surface area contributed by atoms with Gasteiger partial charge in [-0.15, -0.1) is 0 Å². The molecule has 2 aliphatic heterocycles. The van der Waals surface area contributed by atoms with Crippen LogP contribution < -0.4 is 14.8 Å². The van der Waals surface area contributed by atoms with Gasteiger partial charge in [0.2, 0.25) is 0 Å². The molecule has 0 amide bonds. The lowest BCUT2D eigenvalue weighted by Crippen LogP contribution is -2.44. The van der Waals surface area contributed by atoms with E-state index in [1.54, 1.807) is 7.11 Å². The molecule has 0 aromatic heterocycles. The molecule has 0 spiro atoms. The van der Waals surface area contributed by atoms with E-state index < -0.39 is 0 Å². The molecule has 0 aliphatic carbocycles. The van der Waals surface area contributed by atoms with Gasteiger partial charge in [-0.1, -0.05) is 42.5 Å². The summed E-state index contributed by atoms with van der Waals surface area (Å²) in [6.07, 6.45) is 3.52. The number of ether oxygens (including phenoxy) is 2. The van der Waals surface area contributed by atoms with E-state index in [9.17, 15) is 0 Å². The Hall–Kier alpha value is -2.04. The maximum atomic E-state index is 6.01. The SMILES string of the molecule is COc1cccc2c1OC[C@H](CNC1CCN(Cc3ccccc3)CC1)C2. The number of hydrogen-bond donors (Lipinski definition) is 1. The Labute approximate surface area is 162 Å². The monoisotopic (exact) mass is 366 g/mol. The smallest absolute Gasteiger partial charge is 0.164 e. The minimum absolute atomic E-state index is 0.534. The van der Waals surface area contributed by atoms with Gasteiger partial charge in [-0.2, -0.15) is 0 Å². The fourth-order valence-corrected chi connectivity index (χ4v) is 4.22. The van der Waals surface area contributed by atoms with Gasteiger partial charge in [0, 0.05) is 25.0 Å². The van der Waals surface area contributed by atoms with E-state index in [2.05, 4.69) is 52.7 Å². The molecule has 1 N–H and O–H groups in total. The number of nitrogens with one attached hydrogen (secondary N) is 1. The Bertz CT molecular complexity index is 726. The van der Waals surface area contributed by atoms with Gasteiger partial charge < -0.3 is 14.8 Å². The molecule has 2 aromatic rings. The van der Waals surface area contributed by atoms with Crippen molar-refractivity contribution in [2.45, 2.75) is 31.8 Å². The zero-order chi connectivity index (χ0) is 18.5. The summed E-state index contributed by atoms with van der Waals surface area (Å²) < 4.78 is 11.4. The number of likely N-dealkylation sites (tertiary alicyclic amines) is 1. The van der Waals surface area contributed by atoms with Crippen LogP contribution in [0.1, 0.15) is 24.0 Å². The molecular formula is C23H30N2O2. The Morgan fingerprint density at radius 2 is 1.89 bits per heavy atom. The molecule has 144 valence electrons. The molecule has 4 rings (SSSR count). The van der Waals surface area contributed by atoms with Crippen LogP contribution in [0, 0.1) is 5.92 Å². The van der Waals surface area contributed by atoms with Crippen molar-refractivity contribution in [1.29, 1.82) is 0 Å². The molecule has 1 saturated heterocycles. The molecule has 1 atom stereocenters. The van der Waals surface area contributed by atoms with Gasteiger partial charge in [-0.05, 0) is 49.5 Å². The van der Waals surface area contributed by atoms with Crippen LogP contribution in [0.15, 0.2) is 48.5 Å². The summed E-state index contributed by atoms with van der Waals surface area (Å²) in [5.41, 5.74) is 2.68. The lowest BCUT2D eigenvalue weighted by atomic mass is 9.95. The molecule has 0 unspecified atom stereocenters. The predicted molar refractivity (Wildman–Crippen MR) is 108 cm³/mol. The van der Waals surface area contributed by atoms with Crippen LogP contribution in [0.25, 0.3) is 0 Å². The first-order valence-corrected chi connectivity index (χ1v) is 10.1. The Morgan fingerprint density at radius 1 is 1.07 bits per heavy atom. The molecule has 1 fully saturated rings. The first-order valence-electron chi connectivity index (χ1n) is 10.1. The third-order valence-corrected chi connectivity index (χ3v) is 5.78.